The summed E-state index contributed by atoms with van der Waals surface area (Å²) in [6, 6.07) is 0. The van der Waals surface area contributed by atoms with Gasteiger partial charge in [-0.1, -0.05) is 32.4 Å². The lowest BCUT2D eigenvalue weighted by Gasteiger charge is -2.60. The Kier molecular flexibility index (Phi) is 9.37. The molecule has 0 amide bonds. The minimum atomic E-state index is -1.67. The van der Waals surface area contributed by atoms with Gasteiger partial charge in [0.15, 0.2) is 12.6 Å². The number of fused-ring (bicyclic) bond motifs is 5. The number of ether oxygens (including phenoxy) is 4. The molecule has 0 unspecified atom stereocenters. The fourth-order valence-corrected chi connectivity index (χ4v) is 11.1. The smallest absolute Gasteiger partial charge is 0.192 e. The van der Waals surface area contributed by atoms with Crippen molar-refractivity contribution in [1.29, 1.82) is 0 Å². The van der Waals surface area contributed by atoms with Gasteiger partial charge in [0.1, 0.15) is 35.6 Å². The summed E-state index contributed by atoms with van der Waals surface area (Å²) in [4.78, 5) is 0. The van der Waals surface area contributed by atoms with E-state index in [9.17, 15) is 35.7 Å². The second kappa shape index (κ2) is 12.3. The zero-order valence-electron chi connectivity index (χ0n) is 28.3. The molecule has 7 N–H and O–H groups in total. The van der Waals surface area contributed by atoms with E-state index in [4.69, 9.17) is 18.9 Å². The Morgan fingerprint density at radius 3 is 2.35 bits per heavy atom. The van der Waals surface area contributed by atoms with E-state index in [1.165, 1.54) is 5.57 Å². The molecule has 4 aliphatic carbocycles. The molecule has 2 saturated heterocycles. The van der Waals surface area contributed by atoms with Crippen LogP contribution in [0.1, 0.15) is 86.0 Å². The van der Waals surface area contributed by atoms with E-state index in [2.05, 4.69) is 26.8 Å². The molecule has 2 aliphatic heterocycles. The molecule has 3 saturated carbocycles. The number of aliphatic hydroxyl groups is 7. The van der Waals surface area contributed by atoms with E-state index >= 15 is 0 Å². The van der Waals surface area contributed by atoms with Crippen LogP contribution >= 0.6 is 0 Å². The van der Waals surface area contributed by atoms with Crippen molar-refractivity contribution < 1.29 is 54.7 Å². The number of aliphatic hydroxyl groups excluding tert-OH is 6. The van der Waals surface area contributed by atoms with Gasteiger partial charge in [0, 0.05) is 25.4 Å². The van der Waals surface area contributed by atoms with Crippen molar-refractivity contribution in [3.63, 3.8) is 0 Å². The summed E-state index contributed by atoms with van der Waals surface area (Å²) in [5.41, 5.74) is -1.76. The molecule has 0 aromatic carbocycles. The van der Waals surface area contributed by atoms with Crippen LogP contribution in [0, 0.1) is 40.4 Å². The highest BCUT2D eigenvalue weighted by Crippen LogP contribution is 2.67. The molecular weight excluding hydrogens is 596 g/mol. The second-order valence-corrected chi connectivity index (χ2v) is 16.4. The third-order valence-corrected chi connectivity index (χ3v) is 14.4. The Labute approximate surface area is 272 Å². The summed E-state index contributed by atoms with van der Waals surface area (Å²) >= 11 is 0. The molecule has 0 bridgehead atoms. The molecule has 11 heteroatoms. The van der Waals surface area contributed by atoms with Crippen LogP contribution in [0.3, 0.4) is 0 Å². The standard InChI is InChI=1S/C35H58O11/c1-17(21-9-10-22-20-8-7-18-13-19(37)14-26(38)34(18,4)23(20)11-12-32(21,22)2)24-15-33(3,43-6)35(5,42)31(45-24)46-30-29(41)28(40)27(39)25(16-36)44-30/h7,17,19-31,36-42H,8-16H2,1-6H3/t17-,19+,20-,21+,22-,23-,24+,25+,26-,27+,28-,29+,30-,31-,32-,33+,34-,35+/m0/s1. The number of allylic oxidation sites excluding steroid dienone is 1. The maximum Gasteiger partial charge on any atom is 0.192 e. The topological polar surface area (TPSA) is 179 Å². The SMILES string of the molecule is CO[C@]1(C)C[C@H]([C@@H](C)[C@H]2CC[C@H]3[C@@H]4CC=C5C[C@@H](O)C[C@H](O)[C@]5(C)[C@H]4CC[C@@]23C)O[C@@H](O[C@@H]2O[C@H](CO)[C@@H](O)[C@H](O)[C@H]2O)[C@@]1(C)O. The van der Waals surface area contributed by atoms with Crippen molar-refractivity contribution in [3.05, 3.63) is 11.6 Å². The summed E-state index contributed by atoms with van der Waals surface area (Å²) in [5, 5.41) is 74.5. The summed E-state index contributed by atoms with van der Waals surface area (Å²) < 4.78 is 24.2. The van der Waals surface area contributed by atoms with E-state index in [0.29, 0.717) is 42.9 Å². The average molecular weight is 655 g/mol. The number of hydrogen-bond donors (Lipinski definition) is 7. The monoisotopic (exact) mass is 654 g/mol. The molecule has 6 rings (SSSR count). The maximum atomic E-state index is 11.8. The van der Waals surface area contributed by atoms with Gasteiger partial charge < -0.3 is 54.7 Å². The van der Waals surface area contributed by atoms with Crippen molar-refractivity contribution in [2.75, 3.05) is 13.7 Å². The van der Waals surface area contributed by atoms with Crippen molar-refractivity contribution in [2.24, 2.45) is 40.4 Å². The van der Waals surface area contributed by atoms with Crippen LogP contribution in [-0.2, 0) is 18.9 Å². The van der Waals surface area contributed by atoms with E-state index in [-0.39, 0.29) is 22.9 Å². The van der Waals surface area contributed by atoms with Crippen molar-refractivity contribution in [3.8, 4) is 0 Å². The molecule has 0 aromatic heterocycles. The van der Waals surface area contributed by atoms with Crippen LogP contribution in [-0.4, -0.2) is 116 Å². The van der Waals surface area contributed by atoms with Gasteiger partial charge in [0.05, 0.1) is 24.9 Å². The first-order valence-electron chi connectivity index (χ1n) is 17.5. The average Bonchev–Trinajstić information content (AvgIpc) is 3.37. The molecule has 264 valence electrons. The maximum absolute atomic E-state index is 11.8. The normalized spacial score (nSPS) is 56.4. The molecular formula is C35H58O11. The predicted octanol–water partition coefficient (Wildman–Crippen LogP) is 1.62. The first-order valence-corrected chi connectivity index (χ1v) is 17.5. The summed E-state index contributed by atoms with van der Waals surface area (Å²) in [6.07, 6.45) is -1.05. The zero-order valence-corrected chi connectivity index (χ0v) is 28.3. The molecule has 0 aromatic rings. The van der Waals surface area contributed by atoms with Crippen LogP contribution in [0.5, 0.6) is 0 Å². The van der Waals surface area contributed by atoms with Gasteiger partial charge in [-0.15, -0.1) is 0 Å². The van der Waals surface area contributed by atoms with E-state index in [0.717, 1.165) is 32.1 Å². The van der Waals surface area contributed by atoms with Gasteiger partial charge in [0.2, 0.25) is 0 Å². The van der Waals surface area contributed by atoms with E-state index in [1.807, 2.05) is 6.92 Å². The third-order valence-electron chi connectivity index (χ3n) is 14.4. The minimum absolute atomic E-state index is 0.0574. The van der Waals surface area contributed by atoms with Crippen LogP contribution in [0.15, 0.2) is 11.6 Å². The van der Waals surface area contributed by atoms with Crippen LogP contribution in [0.25, 0.3) is 0 Å². The van der Waals surface area contributed by atoms with Gasteiger partial charge in [-0.3, -0.25) is 0 Å². The Morgan fingerprint density at radius 1 is 0.957 bits per heavy atom. The van der Waals surface area contributed by atoms with Gasteiger partial charge in [-0.2, -0.15) is 0 Å². The van der Waals surface area contributed by atoms with Crippen LogP contribution < -0.4 is 0 Å². The van der Waals surface area contributed by atoms with Gasteiger partial charge >= 0.3 is 0 Å². The first kappa shape index (κ1) is 35.1. The van der Waals surface area contributed by atoms with Crippen molar-refractivity contribution >= 4 is 0 Å². The van der Waals surface area contributed by atoms with Crippen LogP contribution in [0.2, 0.25) is 0 Å². The Hall–Kier alpha value is -0.700. The molecule has 2 heterocycles. The fraction of sp³-hybridized carbons (Fsp3) is 0.943. The van der Waals surface area contributed by atoms with E-state index in [1.54, 1.807) is 14.0 Å². The third kappa shape index (κ3) is 5.18. The fourth-order valence-electron chi connectivity index (χ4n) is 11.1. The first-order chi connectivity index (χ1) is 21.5. The largest absolute Gasteiger partial charge is 0.394 e. The summed E-state index contributed by atoms with van der Waals surface area (Å²) in [6.45, 7) is 9.66. The quantitative estimate of drug-likeness (QED) is 0.207. The lowest BCUT2D eigenvalue weighted by molar-refractivity contribution is -0.400. The molecule has 46 heavy (non-hydrogen) atoms. The minimum Gasteiger partial charge on any atom is -0.394 e. The van der Waals surface area contributed by atoms with Gasteiger partial charge in [0.25, 0.3) is 0 Å². The van der Waals surface area contributed by atoms with Crippen molar-refractivity contribution in [2.45, 2.75) is 152 Å². The van der Waals surface area contributed by atoms with Gasteiger partial charge in [-0.05, 0) is 87.4 Å². The molecule has 11 nitrogen and oxygen atoms in total. The van der Waals surface area contributed by atoms with Crippen LogP contribution in [0.4, 0.5) is 0 Å². The van der Waals surface area contributed by atoms with Crippen molar-refractivity contribution in [1.82, 2.24) is 0 Å². The number of methoxy groups -OCH3 is 1. The molecule has 0 spiro atoms. The predicted molar refractivity (Wildman–Crippen MR) is 166 cm³/mol. The molecule has 5 fully saturated rings. The highest BCUT2D eigenvalue weighted by Gasteiger charge is 2.64. The highest BCUT2D eigenvalue weighted by molar-refractivity contribution is 5.27. The Bertz CT molecular complexity index is 1150. The zero-order chi connectivity index (χ0) is 33.6. The second-order valence-electron chi connectivity index (χ2n) is 16.4. The Morgan fingerprint density at radius 2 is 1.67 bits per heavy atom. The number of hydrogen-bond acceptors (Lipinski definition) is 11. The number of rotatable bonds is 6. The summed E-state index contributed by atoms with van der Waals surface area (Å²) in [7, 11) is 1.55. The lowest BCUT2D eigenvalue weighted by atomic mass is 9.46. The summed E-state index contributed by atoms with van der Waals surface area (Å²) in [5.74, 6) is 1.75. The Balaban J connectivity index is 1.23. The lowest BCUT2D eigenvalue weighted by Crippen LogP contribution is -2.69. The highest BCUT2D eigenvalue weighted by atomic mass is 16.8. The molecule has 0 radical (unpaired) electrons. The van der Waals surface area contributed by atoms with Gasteiger partial charge in [-0.25, -0.2) is 0 Å². The van der Waals surface area contributed by atoms with E-state index < -0.39 is 67.0 Å². The molecule has 18 atom stereocenters. The molecule has 6 aliphatic rings.